The normalized spacial score (nSPS) is 12.3. The Kier molecular flexibility index (Phi) is 3.26. The van der Waals surface area contributed by atoms with Crippen LogP contribution in [0.4, 0.5) is 0 Å². The molecule has 0 saturated carbocycles. The van der Waals surface area contributed by atoms with E-state index in [-0.39, 0.29) is 5.78 Å². The lowest BCUT2D eigenvalue weighted by molar-refractivity contribution is 0.0590. The fourth-order valence-corrected chi connectivity index (χ4v) is 1.27. The van der Waals surface area contributed by atoms with Crippen molar-refractivity contribution in [3.8, 4) is 0 Å². The van der Waals surface area contributed by atoms with Crippen LogP contribution in [0.2, 0.25) is 0 Å². The highest BCUT2D eigenvalue weighted by Gasteiger charge is 2.17. The molecule has 5 nitrogen and oxygen atoms in total. The van der Waals surface area contributed by atoms with Crippen molar-refractivity contribution in [1.82, 2.24) is 4.57 Å². The van der Waals surface area contributed by atoms with Gasteiger partial charge in [-0.05, 0) is 13.0 Å². The lowest BCUT2D eigenvalue weighted by Gasteiger charge is -1.99. The number of nitrogens with two attached hydrogens (primary N) is 1. The van der Waals surface area contributed by atoms with Crippen LogP contribution in [0, 0.1) is 0 Å². The molecule has 0 spiro atoms. The molecule has 0 aliphatic rings. The molecular weight excluding hydrogens is 196 g/mol. The molecule has 82 valence electrons. The molecule has 1 atom stereocenters. The van der Waals surface area contributed by atoms with Gasteiger partial charge in [0.2, 0.25) is 0 Å². The second-order valence-electron chi connectivity index (χ2n) is 3.37. The molecule has 0 aromatic carbocycles. The summed E-state index contributed by atoms with van der Waals surface area (Å²) >= 11 is 0. The molecule has 0 bridgehead atoms. The molecule has 0 saturated heterocycles. The van der Waals surface area contributed by atoms with Gasteiger partial charge in [0.05, 0.1) is 13.2 Å². The summed E-state index contributed by atoms with van der Waals surface area (Å²) in [6.07, 6.45) is 1.57. The summed E-state index contributed by atoms with van der Waals surface area (Å²) in [5.41, 5.74) is 6.22. The van der Waals surface area contributed by atoms with Gasteiger partial charge in [0, 0.05) is 18.8 Å². The number of rotatable bonds is 3. The number of aryl methyl sites for hydroxylation is 1. The van der Waals surface area contributed by atoms with Crippen LogP contribution in [0.1, 0.15) is 27.8 Å². The second kappa shape index (κ2) is 4.27. The van der Waals surface area contributed by atoms with E-state index in [4.69, 9.17) is 5.73 Å². The minimum Gasteiger partial charge on any atom is -0.464 e. The molecule has 1 rings (SSSR count). The monoisotopic (exact) mass is 210 g/mol. The molecule has 1 aromatic rings. The van der Waals surface area contributed by atoms with E-state index in [2.05, 4.69) is 4.74 Å². The standard InChI is InChI=1S/C10H14N2O3/c1-6(11)9(13)7-4-8(10(14)15-3)12(2)5-7/h4-6H,11H2,1-3H3. The summed E-state index contributed by atoms with van der Waals surface area (Å²) in [5.74, 6) is -0.665. The van der Waals surface area contributed by atoms with Crippen molar-refractivity contribution >= 4 is 11.8 Å². The number of Topliss-reactive ketones (excluding diaryl/α,β-unsaturated/α-hetero) is 1. The van der Waals surface area contributed by atoms with Crippen LogP contribution in [0.15, 0.2) is 12.3 Å². The summed E-state index contributed by atoms with van der Waals surface area (Å²) in [6.45, 7) is 1.60. The van der Waals surface area contributed by atoms with Gasteiger partial charge in [-0.1, -0.05) is 0 Å². The maximum atomic E-state index is 11.5. The predicted octanol–water partition coefficient (Wildman–Crippen LogP) is 0.342. The Morgan fingerprint density at radius 2 is 2.13 bits per heavy atom. The van der Waals surface area contributed by atoms with E-state index >= 15 is 0 Å². The van der Waals surface area contributed by atoms with Gasteiger partial charge < -0.3 is 15.0 Å². The highest BCUT2D eigenvalue weighted by Crippen LogP contribution is 2.10. The number of esters is 1. The van der Waals surface area contributed by atoms with Gasteiger partial charge in [-0.25, -0.2) is 4.79 Å². The number of hydrogen-bond acceptors (Lipinski definition) is 4. The molecule has 0 amide bonds. The average Bonchev–Trinajstić information content (AvgIpc) is 2.57. The van der Waals surface area contributed by atoms with Gasteiger partial charge in [0.1, 0.15) is 5.69 Å². The Labute approximate surface area is 87.8 Å². The molecule has 1 unspecified atom stereocenters. The van der Waals surface area contributed by atoms with Crippen molar-refractivity contribution < 1.29 is 14.3 Å². The number of carbonyl (C=O) groups is 2. The first-order valence-corrected chi connectivity index (χ1v) is 4.52. The Hall–Kier alpha value is -1.62. The summed E-state index contributed by atoms with van der Waals surface area (Å²) in [7, 11) is 2.96. The van der Waals surface area contributed by atoms with Crippen LogP contribution < -0.4 is 5.73 Å². The quantitative estimate of drug-likeness (QED) is 0.576. The molecule has 1 heterocycles. The van der Waals surface area contributed by atoms with Crippen LogP contribution in [0.25, 0.3) is 0 Å². The van der Waals surface area contributed by atoms with Gasteiger partial charge in [-0.15, -0.1) is 0 Å². The zero-order valence-electron chi connectivity index (χ0n) is 8.98. The Bertz CT molecular complexity index is 393. The van der Waals surface area contributed by atoms with Crippen molar-refractivity contribution in [2.75, 3.05) is 7.11 Å². The smallest absolute Gasteiger partial charge is 0.354 e. The Morgan fingerprint density at radius 1 is 1.53 bits per heavy atom. The summed E-state index contributed by atoms with van der Waals surface area (Å²) in [4.78, 5) is 22.8. The molecule has 15 heavy (non-hydrogen) atoms. The van der Waals surface area contributed by atoms with Crippen LogP contribution in [-0.4, -0.2) is 29.5 Å². The highest BCUT2D eigenvalue weighted by atomic mass is 16.5. The van der Waals surface area contributed by atoms with Gasteiger partial charge in [-0.2, -0.15) is 0 Å². The molecule has 0 radical (unpaired) electrons. The van der Waals surface area contributed by atoms with E-state index in [1.165, 1.54) is 13.2 Å². The third-order valence-corrected chi connectivity index (χ3v) is 2.10. The van der Waals surface area contributed by atoms with E-state index in [9.17, 15) is 9.59 Å². The molecule has 1 aromatic heterocycles. The van der Waals surface area contributed by atoms with Gasteiger partial charge >= 0.3 is 5.97 Å². The SMILES string of the molecule is COC(=O)c1cc(C(=O)C(C)N)cn1C. The van der Waals surface area contributed by atoms with Gasteiger partial charge in [0.15, 0.2) is 5.78 Å². The van der Waals surface area contributed by atoms with Crippen molar-refractivity contribution in [2.45, 2.75) is 13.0 Å². The van der Waals surface area contributed by atoms with Crippen LogP contribution >= 0.6 is 0 Å². The van der Waals surface area contributed by atoms with E-state index in [1.807, 2.05) is 0 Å². The van der Waals surface area contributed by atoms with E-state index in [0.717, 1.165) is 0 Å². The maximum Gasteiger partial charge on any atom is 0.354 e. The summed E-state index contributed by atoms with van der Waals surface area (Å²) in [6, 6.07) is 0.912. The zero-order valence-corrected chi connectivity index (χ0v) is 8.98. The molecule has 0 fully saturated rings. The number of aromatic nitrogens is 1. The second-order valence-corrected chi connectivity index (χ2v) is 3.37. The van der Waals surface area contributed by atoms with Gasteiger partial charge in [-0.3, -0.25) is 4.79 Å². The number of ether oxygens (including phenoxy) is 1. The number of hydrogen-bond donors (Lipinski definition) is 1. The van der Waals surface area contributed by atoms with Crippen molar-refractivity contribution in [3.05, 3.63) is 23.5 Å². The first kappa shape index (κ1) is 11.5. The first-order valence-electron chi connectivity index (χ1n) is 4.52. The summed E-state index contributed by atoms with van der Waals surface area (Å²) in [5, 5.41) is 0. The van der Waals surface area contributed by atoms with E-state index < -0.39 is 12.0 Å². The maximum absolute atomic E-state index is 11.5. The molecular formula is C10H14N2O3. The molecule has 0 aliphatic heterocycles. The lowest BCUT2D eigenvalue weighted by atomic mass is 10.1. The van der Waals surface area contributed by atoms with Crippen molar-refractivity contribution in [2.24, 2.45) is 12.8 Å². The highest BCUT2D eigenvalue weighted by molar-refractivity contribution is 6.01. The molecule has 5 heteroatoms. The fraction of sp³-hybridized carbons (Fsp3) is 0.400. The number of carbonyl (C=O) groups excluding carboxylic acids is 2. The summed E-state index contributed by atoms with van der Waals surface area (Å²) < 4.78 is 6.11. The van der Waals surface area contributed by atoms with Gasteiger partial charge in [0.25, 0.3) is 0 Å². The first-order chi connectivity index (χ1) is 6.97. The lowest BCUT2D eigenvalue weighted by Crippen LogP contribution is -2.26. The van der Waals surface area contributed by atoms with Crippen LogP contribution in [0.5, 0.6) is 0 Å². The number of nitrogens with zero attached hydrogens (tertiary/aromatic N) is 1. The van der Waals surface area contributed by atoms with Crippen molar-refractivity contribution in [3.63, 3.8) is 0 Å². The zero-order chi connectivity index (χ0) is 11.6. The van der Waals surface area contributed by atoms with Crippen LogP contribution in [-0.2, 0) is 11.8 Å². The Balaban J connectivity index is 3.06. The third-order valence-electron chi connectivity index (χ3n) is 2.10. The number of methoxy groups -OCH3 is 1. The van der Waals surface area contributed by atoms with Crippen LogP contribution in [0.3, 0.4) is 0 Å². The topological polar surface area (TPSA) is 74.3 Å². The van der Waals surface area contributed by atoms with Crippen molar-refractivity contribution in [1.29, 1.82) is 0 Å². The van der Waals surface area contributed by atoms with E-state index in [0.29, 0.717) is 11.3 Å². The third kappa shape index (κ3) is 2.24. The largest absolute Gasteiger partial charge is 0.464 e. The minimum absolute atomic E-state index is 0.194. The predicted molar refractivity (Wildman–Crippen MR) is 54.7 cm³/mol. The van der Waals surface area contributed by atoms with E-state index in [1.54, 1.807) is 24.7 Å². The Morgan fingerprint density at radius 3 is 2.60 bits per heavy atom. The minimum atomic E-state index is -0.571. The fourth-order valence-electron chi connectivity index (χ4n) is 1.27. The molecule has 2 N–H and O–H groups in total. The number of ketones is 1. The average molecular weight is 210 g/mol. The molecule has 0 aliphatic carbocycles.